The molecule has 2 aromatic carbocycles. The van der Waals surface area contributed by atoms with Crippen LogP contribution in [0, 0.1) is 0 Å². The Balaban J connectivity index is 1.81. The zero-order valence-corrected chi connectivity index (χ0v) is 12.7. The lowest BCUT2D eigenvalue weighted by atomic mass is 9.94. The molecule has 1 aromatic heterocycles. The molecule has 2 N–H and O–H groups in total. The lowest BCUT2D eigenvalue weighted by molar-refractivity contribution is -0.116. The largest absolute Gasteiger partial charge is 0.326 e. The summed E-state index contributed by atoms with van der Waals surface area (Å²) >= 11 is 0. The van der Waals surface area contributed by atoms with Crippen LogP contribution in [0.25, 0.3) is 22.4 Å². The molecule has 0 aliphatic carbocycles. The molecule has 4 rings (SSSR count). The molecular weight excluding hydrogens is 286 g/mol. The van der Waals surface area contributed by atoms with Gasteiger partial charge in [-0.3, -0.25) is 9.89 Å². The number of hydrogen-bond acceptors (Lipinski definition) is 2. The Morgan fingerprint density at radius 3 is 2.70 bits per heavy atom. The zero-order valence-electron chi connectivity index (χ0n) is 12.7. The van der Waals surface area contributed by atoms with Gasteiger partial charge in [0.15, 0.2) is 0 Å². The number of aromatic nitrogens is 2. The van der Waals surface area contributed by atoms with Crippen LogP contribution in [0.4, 0.5) is 5.69 Å². The Bertz CT molecular complexity index is 853. The second-order valence-corrected chi connectivity index (χ2v) is 5.78. The molecule has 1 aliphatic rings. The van der Waals surface area contributed by atoms with E-state index in [4.69, 9.17) is 0 Å². The number of hydrogen-bond donors (Lipinski definition) is 2. The highest BCUT2D eigenvalue weighted by Crippen LogP contribution is 2.34. The quantitative estimate of drug-likeness (QED) is 0.751. The lowest BCUT2D eigenvalue weighted by Crippen LogP contribution is -2.09. The third kappa shape index (κ3) is 2.63. The molecule has 0 spiro atoms. The first-order valence-electron chi connectivity index (χ1n) is 7.83. The summed E-state index contributed by atoms with van der Waals surface area (Å²) in [5, 5.41) is 10.0. The third-order valence-electron chi connectivity index (χ3n) is 4.27. The molecule has 4 heteroatoms. The van der Waals surface area contributed by atoms with Gasteiger partial charge in [0.2, 0.25) is 5.91 Å². The standard InChI is InChI=1S/C19H17N3O/c23-19-9-3-7-16-15(6-2-8-18(16)21-19)13-4-1-5-14(12-13)17-10-11-20-22-17/h1-2,4-6,8,10-12H,3,7,9H2,(H,20,22)(H,21,23). The molecule has 0 saturated carbocycles. The highest BCUT2D eigenvalue weighted by Gasteiger charge is 2.16. The van der Waals surface area contributed by atoms with Gasteiger partial charge in [0, 0.05) is 23.9 Å². The summed E-state index contributed by atoms with van der Waals surface area (Å²) < 4.78 is 0. The number of aromatic amines is 1. The van der Waals surface area contributed by atoms with Crippen molar-refractivity contribution in [3.05, 3.63) is 60.3 Å². The van der Waals surface area contributed by atoms with Gasteiger partial charge in [-0.1, -0.05) is 30.3 Å². The molecule has 1 amide bonds. The van der Waals surface area contributed by atoms with Crippen LogP contribution in [0.5, 0.6) is 0 Å². The number of nitrogens with one attached hydrogen (secondary N) is 2. The number of anilines is 1. The van der Waals surface area contributed by atoms with Gasteiger partial charge in [-0.15, -0.1) is 0 Å². The smallest absolute Gasteiger partial charge is 0.224 e. The van der Waals surface area contributed by atoms with Crippen LogP contribution in [0.3, 0.4) is 0 Å². The number of rotatable bonds is 2. The average molecular weight is 303 g/mol. The van der Waals surface area contributed by atoms with Gasteiger partial charge in [-0.25, -0.2) is 0 Å². The Hall–Kier alpha value is -2.88. The third-order valence-corrected chi connectivity index (χ3v) is 4.27. The van der Waals surface area contributed by atoms with Crippen molar-refractivity contribution in [2.24, 2.45) is 0 Å². The summed E-state index contributed by atoms with van der Waals surface area (Å²) in [5.41, 5.74) is 6.62. The van der Waals surface area contributed by atoms with Gasteiger partial charge in [0.25, 0.3) is 0 Å². The van der Waals surface area contributed by atoms with Crippen LogP contribution in [0.15, 0.2) is 54.7 Å². The predicted molar refractivity (Wildman–Crippen MR) is 91.0 cm³/mol. The van der Waals surface area contributed by atoms with E-state index in [1.807, 2.05) is 18.2 Å². The molecule has 0 saturated heterocycles. The highest BCUT2D eigenvalue weighted by atomic mass is 16.1. The minimum atomic E-state index is 0.104. The zero-order chi connectivity index (χ0) is 15.6. The molecule has 3 aromatic rings. The maximum Gasteiger partial charge on any atom is 0.224 e. The Kier molecular flexibility index (Phi) is 3.42. The molecule has 0 bridgehead atoms. The van der Waals surface area contributed by atoms with Crippen molar-refractivity contribution in [1.82, 2.24) is 10.2 Å². The van der Waals surface area contributed by atoms with Crippen LogP contribution < -0.4 is 5.32 Å². The Morgan fingerprint density at radius 1 is 0.957 bits per heavy atom. The van der Waals surface area contributed by atoms with Gasteiger partial charge >= 0.3 is 0 Å². The van der Waals surface area contributed by atoms with Crippen molar-refractivity contribution < 1.29 is 4.79 Å². The van der Waals surface area contributed by atoms with E-state index >= 15 is 0 Å². The number of nitrogens with zero attached hydrogens (tertiary/aromatic N) is 1. The number of carbonyl (C=O) groups excluding carboxylic acids is 1. The summed E-state index contributed by atoms with van der Waals surface area (Å²) in [6, 6.07) is 16.5. The summed E-state index contributed by atoms with van der Waals surface area (Å²) in [7, 11) is 0. The molecule has 0 radical (unpaired) electrons. The molecule has 0 fully saturated rings. The monoisotopic (exact) mass is 303 g/mol. The number of amides is 1. The molecular formula is C19H17N3O. The van der Waals surface area contributed by atoms with E-state index in [0.717, 1.165) is 35.3 Å². The van der Waals surface area contributed by atoms with Crippen molar-refractivity contribution in [2.75, 3.05) is 5.32 Å². The summed E-state index contributed by atoms with van der Waals surface area (Å²) in [6.45, 7) is 0. The van der Waals surface area contributed by atoms with E-state index in [-0.39, 0.29) is 5.91 Å². The maximum atomic E-state index is 11.8. The fraction of sp³-hybridized carbons (Fsp3) is 0.158. The first kappa shape index (κ1) is 13.8. The van der Waals surface area contributed by atoms with Crippen molar-refractivity contribution in [1.29, 1.82) is 0 Å². The summed E-state index contributed by atoms with van der Waals surface area (Å²) in [4.78, 5) is 11.8. The van der Waals surface area contributed by atoms with Crippen molar-refractivity contribution in [3.8, 4) is 22.4 Å². The second-order valence-electron chi connectivity index (χ2n) is 5.78. The van der Waals surface area contributed by atoms with Gasteiger partial charge in [0.1, 0.15) is 0 Å². The minimum Gasteiger partial charge on any atom is -0.326 e. The van der Waals surface area contributed by atoms with Crippen molar-refractivity contribution in [2.45, 2.75) is 19.3 Å². The number of H-pyrrole nitrogens is 1. The molecule has 2 heterocycles. The molecule has 0 unspecified atom stereocenters. The first-order chi connectivity index (χ1) is 11.3. The van der Waals surface area contributed by atoms with Gasteiger partial charge in [-0.05, 0) is 47.7 Å². The van der Waals surface area contributed by atoms with E-state index in [0.29, 0.717) is 6.42 Å². The number of carbonyl (C=O) groups is 1. The second kappa shape index (κ2) is 5.72. The summed E-state index contributed by atoms with van der Waals surface area (Å²) in [6.07, 6.45) is 4.14. The minimum absolute atomic E-state index is 0.104. The van der Waals surface area contributed by atoms with E-state index < -0.39 is 0 Å². The molecule has 4 nitrogen and oxygen atoms in total. The van der Waals surface area contributed by atoms with Crippen LogP contribution in [0.1, 0.15) is 18.4 Å². The van der Waals surface area contributed by atoms with Gasteiger partial charge in [0.05, 0.1) is 5.69 Å². The molecule has 114 valence electrons. The van der Waals surface area contributed by atoms with E-state index in [1.165, 1.54) is 11.1 Å². The van der Waals surface area contributed by atoms with Crippen LogP contribution in [0.2, 0.25) is 0 Å². The first-order valence-corrected chi connectivity index (χ1v) is 7.83. The Labute approximate surface area is 134 Å². The van der Waals surface area contributed by atoms with Crippen LogP contribution in [-0.4, -0.2) is 16.1 Å². The van der Waals surface area contributed by atoms with Crippen LogP contribution >= 0.6 is 0 Å². The number of fused-ring (bicyclic) bond motifs is 1. The van der Waals surface area contributed by atoms with Gasteiger partial charge < -0.3 is 5.32 Å². The van der Waals surface area contributed by atoms with E-state index in [2.05, 4.69) is 45.8 Å². The fourth-order valence-corrected chi connectivity index (χ4v) is 3.15. The maximum absolute atomic E-state index is 11.8. The molecule has 0 atom stereocenters. The summed E-state index contributed by atoms with van der Waals surface area (Å²) in [5.74, 6) is 0.104. The average Bonchev–Trinajstić information content (AvgIpc) is 3.04. The fourth-order valence-electron chi connectivity index (χ4n) is 3.15. The van der Waals surface area contributed by atoms with Crippen molar-refractivity contribution in [3.63, 3.8) is 0 Å². The molecule has 1 aliphatic heterocycles. The van der Waals surface area contributed by atoms with Crippen LogP contribution in [-0.2, 0) is 11.2 Å². The normalized spacial score (nSPS) is 14.0. The van der Waals surface area contributed by atoms with E-state index in [9.17, 15) is 4.79 Å². The topological polar surface area (TPSA) is 57.8 Å². The van der Waals surface area contributed by atoms with Gasteiger partial charge in [-0.2, -0.15) is 5.10 Å². The lowest BCUT2D eigenvalue weighted by Gasteiger charge is -2.13. The molecule has 23 heavy (non-hydrogen) atoms. The van der Waals surface area contributed by atoms with E-state index in [1.54, 1.807) is 6.20 Å². The highest BCUT2D eigenvalue weighted by molar-refractivity contribution is 5.94. The van der Waals surface area contributed by atoms with Crippen molar-refractivity contribution >= 4 is 11.6 Å². The predicted octanol–water partition coefficient (Wildman–Crippen LogP) is 4.02. The Morgan fingerprint density at radius 2 is 1.83 bits per heavy atom. The SMILES string of the molecule is O=C1CCCc2c(cccc2-c2cccc(-c3ccn[nH]3)c2)N1. The number of benzene rings is 2.